The van der Waals surface area contributed by atoms with Crippen molar-refractivity contribution < 1.29 is 5.11 Å². The molecule has 2 rings (SSSR count). The average molecular weight is 293 g/mol. The molecule has 0 fully saturated rings. The van der Waals surface area contributed by atoms with Crippen molar-refractivity contribution in [1.29, 1.82) is 0 Å². The number of nitrogens with zero attached hydrogens (tertiary/aromatic N) is 1. The van der Waals surface area contributed by atoms with Gasteiger partial charge in [0.15, 0.2) is 0 Å². The minimum absolute atomic E-state index is 0.0936. The van der Waals surface area contributed by atoms with Gasteiger partial charge in [0.25, 0.3) is 0 Å². The van der Waals surface area contributed by atoms with Crippen molar-refractivity contribution in [3.05, 3.63) is 52.6 Å². The molecule has 0 radical (unpaired) electrons. The van der Waals surface area contributed by atoms with Crippen molar-refractivity contribution in [2.45, 2.75) is 40.0 Å². The van der Waals surface area contributed by atoms with Crippen LogP contribution in [0.1, 0.15) is 43.0 Å². The summed E-state index contributed by atoms with van der Waals surface area (Å²) in [5.41, 5.74) is 6.13. The molecule has 2 nitrogen and oxygen atoms in total. The van der Waals surface area contributed by atoms with Crippen LogP contribution in [0.15, 0.2) is 35.3 Å². The summed E-state index contributed by atoms with van der Waals surface area (Å²) in [6.45, 7) is 10.4. The summed E-state index contributed by atoms with van der Waals surface area (Å²) in [4.78, 5) is 4.62. The summed E-state index contributed by atoms with van der Waals surface area (Å²) in [5, 5.41) is 10.5. The van der Waals surface area contributed by atoms with Gasteiger partial charge in [0.2, 0.25) is 0 Å². The van der Waals surface area contributed by atoms with Crippen LogP contribution in [0.4, 0.5) is 5.69 Å². The molecule has 114 valence electrons. The lowest BCUT2D eigenvalue weighted by Crippen LogP contribution is -2.11. The molecule has 0 aliphatic heterocycles. The first kappa shape index (κ1) is 16.3. The summed E-state index contributed by atoms with van der Waals surface area (Å²) in [6.07, 6.45) is 1.76. The topological polar surface area (TPSA) is 32.6 Å². The molecule has 0 bridgehead atoms. The van der Waals surface area contributed by atoms with E-state index in [1.165, 1.54) is 5.46 Å². The van der Waals surface area contributed by atoms with Gasteiger partial charge in [0.1, 0.15) is 13.6 Å². The van der Waals surface area contributed by atoms with Crippen LogP contribution in [0.3, 0.4) is 0 Å². The third kappa shape index (κ3) is 3.41. The maximum absolute atomic E-state index is 10.5. The van der Waals surface area contributed by atoms with Crippen LogP contribution in [0.2, 0.25) is 0 Å². The number of aliphatic imine (C=N–C) groups is 1. The number of benzene rings is 2. The Labute approximate surface area is 134 Å². The molecule has 1 N–H and O–H groups in total. The third-order valence-electron chi connectivity index (χ3n) is 3.84. The van der Waals surface area contributed by atoms with E-state index < -0.39 is 0 Å². The number of hydrogen-bond donors (Lipinski definition) is 1. The summed E-state index contributed by atoms with van der Waals surface area (Å²) < 4.78 is 0. The summed E-state index contributed by atoms with van der Waals surface area (Å²) >= 11 is 0. The highest BCUT2D eigenvalue weighted by atomic mass is 16.3. The lowest BCUT2D eigenvalue weighted by atomic mass is 9.85. The van der Waals surface area contributed by atoms with Gasteiger partial charge in [0, 0.05) is 11.8 Å². The Hall–Kier alpha value is -2.03. The molecule has 0 atom stereocenters. The van der Waals surface area contributed by atoms with Crippen molar-refractivity contribution in [2.24, 2.45) is 4.99 Å². The van der Waals surface area contributed by atoms with E-state index in [1.807, 2.05) is 18.2 Å². The smallest absolute Gasteiger partial charge is 0.139 e. The Bertz CT molecular complexity index is 704. The molecule has 0 spiro atoms. The number of aromatic hydroxyl groups is 1. The van der Waals surface area contributed by atoms with Crippen molar-refractivity contribution in [2.75, 3.05) is 0 Å². The van der Waals surface area contributed by atoms with Crippen molar-refractivity contribution >= 4 is 25.2 Å². The molecular weight excluding hydrogens is 269 g/mol. The summed E-state index contributed by atoms with van der Waals surface area (Å²) in [7, 11) is 2.09. The summed E-state index contributed by atoms with van der Waals surface area (Å²) in [5.74, 6) is 0.321. The zero-order valence-electron chi connectivity index (χ0n) is 14.4. The highest BCUT2D eigenvalue weighted by molar-refractivity contribution is 6.32. The molecule has 0 unspecified atom stereocenters. The zero-order valence-corrected chi connectivity index (χ0v) is 14.4. The molecule has 0 aliphatic carbocycles. The van der Waals surface area contributed by atoms with E-state index in [9.17, 15) is 5.11 Å². The average Bonchev–Trinajstić information content (AvgIpc) is 2.37. The van der Waals surface area contributed by atoms with Crippen LogP contribution in [-0.4, -0.2) is 19.2 Å². The molecule has 22 heavy (non-hydrogen) atoms. The van der Waals surface area contributed by atoms with E-state index in [4.69, 9.17) is 0 Å². The molecule has 2 aromatic rings. The van der Waals surface area contributed by atoms with Gasteiger partial charge in [-0.2, -0.15) is 0 Å². The Morgan fingerprint density at radius 1 is 1.09 bits per heavy atom. The lowest BCUT2D eigenvalue weighted by molar-refractivity contribution is 0.446. The highest BCUT2D eigenvalue weighted by Gasteiger charge is 2.19. The minimum atomic E-state index is -0.0936. The van der Waals surface area contributed by atoms with E-state index in [0.717, 1.165) is 27.9 Å². The number of aryl methyl sites for hydroxylation is 2. The maximum atomic E-state index is 10.5. The van der Waals surface area contributed by atoms with Crippen LogP contribution >= 0.6 is 0 Å². The van der Waals surface area contributed by atoms with E-state index in [0.29, 0.717) is 5.75 Å². The third-order valence-corrected chi connectivity index (χ3v) is 3.84. The fourth-order valence-electron chi connectivity index (χ4n) is 2.78. The van der Waals surface area contributed by atoms with Crippen LogP contribution < -0.4 is 5.46 Å². The van der Waals surface area contributed by atoms with E-state index >= 15 is 0 Å². The molecule has 0 heterocycles. The number of para-hydroxylation sites is 1. The predicted molar refractivity (Wildman–Crippen MR) is 98.2 cm³/mol. The normalized spacial score (nSPS) is 12.0. The Kier molecular flexibility index (Phi) is 4.46. The van der Waals surface area contributed by atoms with Crippen molar-refractivity contribution in [1.82, 2.24) is 0 Å². The van der Waals surface area contributed by atoms with Gasteiger partial charge in [0.05, 0.1) is 5.69 Å². The van der Waals surface area contributed by atoms with E-state index in [2.05, 4.69) is 59.6 Å². The van der Waals surface area contributed by atoms with E-state index in [-0.39, 0.29) is 5.41 Å². The van der Waals surface area contributed by atoms with Gasteiger partial charge >= 0.3 is 0 Å². The fourth-order valence-corrected chi connectivity index (χ4v) is 2.78. The predicted octanol–water partition coefficient (Wildman–Crippen LogP) is 3.32. The van der Waals surface area contributed by atoms with Crippen molar-refractivity contribution in [3.63, 3.8) is 0 Å². The SMILES string of the molecule is Bc1cc(C)c(/N=C/c2cccc(C(C)(C)C)c2O)c(C)c1. The second-order valence-electron chi connectivity index (χ2n) is 7.00. The Morgan fingerprint density at radius 3 is 2.23 bits per heavy atom. The highest BCUT2D eigenvalue weighted by Crippen LogP contribution is 2.32. The number of phenolic OH excluding ortho intramolecular Hbond substituents is 1. The van der Waals surface area contributed by atoms with Crippen LogP contribution in [-0.2, 0) is 5.41 Å². The van der Waals surface area contributed by atoms with Crippen LogP contribution in [0.5, 0.6) is 5.75 Å². The molecule has 0 aromatic heterocycles. The second kappa shape index (κ2) is 6.00. The van der Waals surface area contributed by atoms with Gasteiger partial charge < -0.3 is 5.11 Å². The van der Waals surface area contributed by atoms with Gasteiger partial charge in [-0.1, -0.05) is 50.5 Å². The number of rotatable bonds is 2. The van der Waals surface area contributed by atoms with Crippen molar-refractivity contribution in [3.8, 4) is 5.75 Å². The van der Waals surface area contributed by atoms with Gasteiger partial charge in [-0.15, -0.1) is 0 Å². The molecule has 2 aromatic carbocycles. The lowest BCUT2D eigenvalue weighted by Gasteiger charge is -2.21. The van der Waals surface area contributed by atoms with Gasteiger partial charge in [-0.25, -0.2) is 0 Å². The molecule has 0 saturated heterocycles. The molecule has 3 heteroatoms. The number of phenols is 1. The Morgan fingerprint density at radius 2 is 1.68 bits per heavy atom. The first-order valence-electron chi connectivity index (χ1n) is 7.64. The molecule has 0 saturated carbocycles. The number of hydrogen-bond acceptors (Lipinski definition) is 2. The first-order valence-corrected chi connectivity index (χ1v) is 7.64. The standard InChI is InChI=1S/C19H24BNO/c1-12-9-15(20)10-13(2)17(12)21-11-14-7-6-8-16(18(14)22)19(3,4)5/h6-11,22H,20H2,1-5H3/b21-11+. The zero-order chi connectivity index (χ0) is 16.5. The fraction of sp³-hybridized carbons (Fsp3) is 0.316. The van der Waals surface area contributed by atoms with Gasteiger partial charge in [-0.05, 0) is 42.0 Å². The maximum Gasteiger partial charge on any atom is 0.139 e. The monoisotopic (exact) mass is 293 g/mol. The quantitative estimate of drug-likeness (QED) is 0.668. The van der Waals surface area contributed by atoms with Crippen LogP contribution in [0.25, 0.3) is 0 Å². The largest absolute Gasteiger partial charge is 0.507 e. The van der Waals surface area contributed by atoms with E-state index in [1.54, 1.807) is 6.21 Å². The van der Waals surface area contributed by atoms with Gasteiger partial charge in [-0.3, -0.25) is 4.99 Å². The molecular formula is C19H24BNO. The van der Waals surface area contributed by atoms with Crippen LogP contribution in [0, 0.1) is 13.8 Å². The second-order valence-corrected chi connectivity index (χ2v) is 7.00. The first-order chi connectivity index (χ1) is 10.2. The minimum Gasteiger partial charge on any atom is -0.507 e. The summed E-state index contributed by atoms with van der Waals surface area (Å²) in [6, 6.07) is 10.1. The molecule has 0 amide bonds. The molecule has 0 aliphatic rings. The Balaban J connectivity index is 2.44.